The molecule has 0 aromatic carbocycles. The van der Waals surface area contributed by atoms with Crippen molar-refractivity contribution in [2.45, 2.75) is 78.2 Å². The highest BCUT2D eigenvalue weighted by Gasteiger charge is 2.27. The second-order valence-corrected chi connectivity index (χ2v) is 9.54. The third kappa shape index (κ3) is 6.65. The van der Waals surface area contributed by atoms with Gasteiger partial charge in [-0.25, -0.2) is 15.0 Å². The molecular formula is C29H43N7. The van der Waals surface area contributed by atoms with Gasteiger partial charge < -0.3 is 20.9 Å². The van der Waals surface area contributed by atoms with E-state index < -0.39 is 0 Å². The van der Waals surface area contributed by atoms with Crippen molar-refractivity contribution in [3.05, 3.63) is 66.6 Å². The molecule has 7 heteroatoms. The number of hydrogen-bond acceptors (Lipinski definition) is 6. The van der Waals surface area contributed by atoms with E-state index in [0.29, 0.717) is 23.0 Å². The highest BCUT2D eigenvalue weighted by Crippen LogP contribution is 2.33. The van der Waals surface area contributed by atoms with Gasteiger partial charge in [-0.3, -0.25) is 0 Å². The number of aromatic nitrogens is 4. The van der Waals surface area contributed by atoms with Crippen molar-refractivity contribution in [2.24, 2.45) is 5.73 Å². The molecule has 36 heavy (non-hydrogen) atoms. The number of nitrogens with zero attached hydrogens (tertiary/aromatic N) is 5. The summed E-state index contributed by atoms with van der Waals surface area (Å²) >= 11 is 0. The quantitative estimate of drug-likeness (QED) is 0.436. The van der Waals surface area contributed by atoms with E-state index in [1.165, 1.54) is 32.0 Å². The fourth-order valence-corrected chi connectivity index (χ4v) is 4.39. The average molecular weight is 490 g/mol. The number of rotatable bonds is 8. The molecule has 1 saturated carbocycles. The highest BCUT2D eigenvalue weighted by molar-refractivity contribution is 5.78. The van der Waals surface area contributed by atoms with Crippen molar-refractivity contribution in [3.8, 4) is 0 Å². The van der Waals surface area contributed by atoms with Gasteiger partial charge in [0, 0.05) is 43.0 Å². The Morgan fingerprint density at radius 1 is 1.11 bits per heavy atom. The summed E-state index contributed by atoms with van der Waals surface area (Å²) in [5.74, 6) is 2.65. The van der Waals surface area contributed by atoms with E-state index in [2.05, 4.69) is 64.8 Å². The zero-order valence-electron chi connectivity index (χ0n) is 22.3. The molecule has 0 atom stereocenters. The Labute approximate surface area is 216 Å². The first-order valence-electron chi connectivity index (χ1n) is 13.3. The smallest absolute Gasteiger partial charge is 0.143 e. The van der Waals surface area contributed by atoms with Gasteiger partial charge in [0.2, 0.25) is 0 Å². The van der Waals surface area contributed by atoms with Crippen molar-refractivity contribution < 1.29 is 0 Å². The molecule has 1 aliphatic heterocycles. The molecule has 4 rings (SSSR count). The van der Waals surface area contributed by atoms with Crippen molar-refractivity contribution in [3.63, 3.8) is 0 Å². The third-order valence-electron chi connectivity index (χ3n) is 6.94. The number of nitrogens with two attached hydrogens (primary N) is 2. The van der Waals surface area contributed by atoms with Gasteiger partial charge in [-0.2, -0.15) is 0 Å². The van der Waals surface area contributed by atoms with Gasteiger partial charge in [0.05, 0.1) is 11.3 Å². The number of hydrogen-bond donors (Lipinski definition) is 2. The number of imidazole rings is 1. The average Bonchev–Trinajstić information content (AvgIpc) is 3.27. The molecular weight excluding hydrogens is 446 g/mol. The number of nitrogen functional groups attached to an aromatic ring is 1. The topological polar surface area (TPSA) is 98.9 Å². The fraction of sp³-hybridized carbons (Fsp3) is 0.483. The lowest BCUT2D eigenvalue weighted by atomic mass is 9.95. The lowest BCUT2D eigenvalue weighted by molar-refractivity contribution is 0.466. The fourth-order valence-electron chi connectivity index (χ4n) is 4.39. The summed E-state index contributed by atoms with van der Waals surface area (Å²) < 4.78 is 2.28. The minimum atomic E-state index is 0.368. The zero-order valence-corrected chi connectivity index (χ0v) is 22.3. The van der Waals surface area contributed by atoms with Gasteiger partial charge in [-0.1, -0.05) is 69.6 Å². The molecule has 2 aliphatic rings. The lowest BCUT2D eigenvalue weighted by Crippen LogP contribution is -2.35. The predicted molar refractivity (Wildman–Crippen MR) is 152 cm³/mol. The van der Waals surface area contributed by atoms with Crippen LogP contribution in [0.3, 0.4) is 0 Å². The Morgan fingerprint density at radius 2 is 1.78 bits per heavy atom. The Balaban J connectivity index is 0.000000819. The normalized spacial score (nSPS) is 16.4. The van der Waals surface area contributed by atoms with E-state index >= 15 is 0 Å². The standard InChI is InChI=1S/C25H35N7.C4H8/c1-6-9-20(14-17(4)7-2)21-15-31(8-3)24(30-21)19-10-12-32(13-11-19)25-22(18(5)26)23(27)28-16-29-25;1-2-4-3-1/h6,9,14-16,19H,4-5,7-8,10-13,26H2,1-3H3,(H2,27,28,29);1-4H2/b9-6-,20-14+;. The summed E-state index contributed by atoms with van der Waals surface area (Å²) in [6.45, 7) is 16.9. The van der Waals surface area contributed by atoms with Crippen LogP contribution in [0.4, 0.5) is 11.6 Å². The molecule has 194 valence electrons. The van der Waals surface area contributed by atoms with Gasteiger partial charge in [-0.15, -0.1) is 0 Å². The van der Waals surface area contributed by atoms with Crippen LogP contribution in [-0.2, 0) is 6.54 Å². The van der Waals surface area contributed by atoms with Crippen LogP contribution in [0.25, 0.3) is 11.3 Å². The number of anilines is 2. The van der Waals surface area contributed by atoms with Crippen molar-refractivity contribution in [1.29, 1.82) is 0 Å². The molecule has 1 saturated heterocycles. The molecule has 3 heterocycles. The Morgan fingerprint density at radius 3 is 2.31 bits per heavy atom. The van der Waals surface area contributed by atoms with Crippen LogP contribution >= 0.6 is 0 Å². The second kappa shape index (κ2) is 13.1. The first-order valence-corrected chi connectivity index (χ1v) is 13.3. The van der Waals surface area contributed by atoms with Gasteiger partial charge in [0.25, 0.3) is 0 Å². The maximum absolute atomic E-state index is 6.04. The molecule has 0 bridgehead atoms. The van der Waals surface area contributed by atoms with E-state index in [1.54, 1.807) is 0 Å². The molecule has 2 aromatic heterocycles. The molecule has 7 nitrogen and oxygen atoms in total. The van der Waals surface area contributed by atoms with E-state index in [0.717, 1.165) is 67.4 Å². The van der Waals surface area contributed by atoms with E-state index in [4.69, 9.17) is 16.5 Å². The van der Waals surface area contributed by atoms with Crippen molar-refractivity contribution in [1.82, 2.24) is 19.5 Å². The summed E-state index contributed by atoms with van der Waals surface area (Å²) in [5.41, 5.74) is 16.2. The molecule has 2 aromatic rings. The minimum absolute atomic E-state index is 0.368. The Hall–Kier alpha value is -3.35. The molecule has 4 N–H and O–H groups in total. The van der Waals surface area contributed by atoms with Crippen LogP contribution < -0.4 is 16.4 Å². The van der Waals surface area contributed by atoms with Crippen molar-refractivity contribution in [2.75, 3.05) is 23.7 Å². The van der Waals surface area contributed by atoms with Crippen LogP contribution in [-0.4, -0.2) is 32.6 Å². The maximum Gasteiger partial charge on any atom is 0.143 e. The largest absolute Gasteiger partial charge is 0.399 e. The van der Waals surface area contributed by atoms with Crippen LogP contribution in [0.1, 0.15) is 88.7 Å². The summed E-state index contributed by atoms with van der Waals surface area (Å²) in [6.07, 6.45) is 18.8. The van der Waals surface area contributed by atoms with Gasteiger partial charge >= 0.3 is 0 Å². The minimum Gasteiger partial charge on any atom is -0.399 e. The molecule has 0 unspecified atom stereocenters. The zero-order chi connectivity index (χ0) is 26.1. The first kappa shape index (κ1) is 27.2. The summed E-state index contributed by atoms with van der Waals surface area (Å²) in [5, 5.41) is 0. The van der Waals surface area contributed by atoms with E-state index in [9.17, 15) is 0 Å². The van der Waals surface area contributed by atoms with Crippen molar-refractivity contribution >= 4 is 22.9 Å². The second-order valence-electron chi connectivity index (χ2n) is 9.54. The molecule has 0 amide bonds. The third-order valence-corrected chi connectivity index (χ3v) is 6.94. The summed E-state index contributed by atoms with van der Waals surface area (Å²) in [6, 6.07) is 0. The van der Waals surface area contributed by atoms with Crippen LogP contribution in [0, 0.1) is 0 Å². The Kier molecular flexibility index (Phi) is 9.91. The summed E-state index contributed by atoms with van der Waals surface area (Å²) in [7, 11) is 0. The number of allylic oxidation sites excluding steroid dienone is 5. The van der Waals surface area contributed by atoms with Gasteiger partial charge in [0.1, 0.15) is 23.8 Å². The Bertz CT molecular complexity index is 1090. The predicted octanol–water partition coefficient (Wildman–Crippen LogP) is 6.07. The monoisotopic (exact) mass is 489 g/mol. The molecule has 1 aliphatic carbocycles. The molecule has 0 radical (unpaired) electrons. The molecule has 2 fully saturated rings. The number of piperidine rings is 1. The summed E-state index contributed by atoms with van der Waals surface area (Å²) in [4.78, 5) is 15.8. The van der Waals surface area contributed by atoms with Gasteiger partial charge in [0.15, 0.2) is 0 Å². The number of aryl methyl sites for hydroxylation is 1. The van der Waals surface area contributed by atoms with Crippen LogP contribution in [0.15, 0.2) is 49.5 Å². The van der Waals surface area contributed by atoms with Crippen LogP contribution in [0.2, 0.25) is 0 Å². The first-order chi connectivity index (χ1) is 17.4. The SMILES string of the molecule is C1CCC1.C=C(/C=C(\C=C/C)c1cn(CC)c(C2CCN(c3ncnc(N)c3C(=C)N)CC2)n1)CC. The molecule has 0 spiro atoms. The van der Waals surface area contributed by atoms with Gasteiger partial charge in [-0.05, 0) is 33.1 Å². The van der Waals surface area contributed by atoms with E-state index in [1.807, 2.05) is 13.0 Å². The maximum atomic E-state index is 6.04. The highest BCUT2D eigenvalue weighted by atomic mass is 15.2. The lowest BCUT2D eigenvalue weighted by Gasteiger charge is -2.33. The van der Waals surface area contributed by atoms with E-state index in [-0.39, 0.29) is 0 Å². The van der Waals surface area contributed by atoms with Crippen LogP contribution in [0.5, 0.6) is 0 Å².